The molecule has 6 rings (SSSR count). The topological polar surface area (TPSA) is 58.6 Å². The van der Waals surface area contributed by atoms with Crippen molar-refractivity contribution in [2.45, 2.75) is 51.7 Å². The molecule has 1 aliphatic carbocycles. The SMILES string of the molecule is CCC(=O)N1c2ccccc2NC2=C(C(=O)C[C@@H](c3ccc(C)cc3)C2)[C@@H]1c1ccc(OCc2ccccc2)cc1. The highest BCUT2D eigenvalue weighted by atomic mass is 16.5. The van der Waals surface area contributed by atoms with E-state index in [1.165, 1.54) is 5.56 Å². The van der Waals surface area contributed by atoms with Crippen molar-refractivity contribution < 1.29 is 14.3 Å². The lowest BCUT2D eigenvalue weighted by Gasteiger charge is -2.35. The predicted octanol–water partition coefficient (Wildman–Crippen LogP) is 7.88. The van der Waals surface area contributed by atoms with Gasteiger partial charge in [-0.3, -0.25) is 14.5 Å². The van der Waals surface area contributed by atoms with Gasteiger partial charge in [-0.25, -0.2) is 0 Å². The molecular weight excluding hydrogens is 508 g/mol. The Morgan fingerprint density at radius 2 is 1.54 bits per heavy atom. The van der Waals surface area contributed by atoms with Crippen molar-refractivity contribution in [3.05, 3.63) is 137 Å². The number of carbonyl (C=O) groups is 2. The van der Waals surface area contributed by atoms with Crippen molar-refractivity contribution in [3.8, 4) is 5.75 Å². The van der Waals surface area contributed by atoms with Gasteiger partial charge in [0.15, 0.2) is 5.78 Å². The first-order valence-corrected chi connectivity index (χ1v) is 14.3. The molecule has 1 amide bonds. The minimum absolute atomic E-state index is 0.0316. The van der Waals surface area contributed by atoms with Crippen LogP contribution in [0.15, 0.2) is 114 Å². The van der Waals surface area contributed by atoms with Crippen molar-refractivity contribution >= 4 is 23.1 Å². The molecular formula is C36H34N2O3. The van der Waals surface area contributed by atoms with E-state index in [1.54, 1.807) is 0 Å². The molecule has 0 aromatic heterocycles. The predicted molar refractivity (Wildman–Crippen MR) is 163 cm³/mol. The van der Waals surface area contributed by atoms with Crippen molar-refractivity contribution in [3.63, 3.8) is 0 Å². The fraction of sp³-hybridized carbons (Fsp3) is 0.222. The Bertz CT molecular complexity index is 1590. The first-order valence-electron chi connectivity index (χ1n) is 14.3. The molecule has 1 heterocycles. The molecule has 0 spiro atoms. The lowest BCUT2D eigenvalue weighted by atomic mass is 9.78. The molecule has 0 saturated heterocycles. The van der Waals surface area contributed by atoms with Crippen LogP contribution in [-0.2, 0) is 16.2 Å². The smallest absolute Gasteiger partial charge is 0.227 e. The number of amides is 1. The fourth-order valence-electron chi connectivity index (χ4n) is 5.91. The number of fused-ring (bicyclic) bond motifs is 1. The molecule has 206 valence electrons. The highest BCUT2D eigenvalue weighted by molar-refractivity contribution is 6.06. The van der Waals surface area contributed by atoms with E-state index in [0.29, 0.717) is 31.4 Å². The number of allylic oxidation sites excluding steroid dienone is 1. The van der Waals surface area contributed by atoms with Gasteiger partial charge in [0, 0.05) is 24.1 Å². The zero-order valence-electron chi connectivity index (χ0n) is 23.5. The first-order chi connectivity index (χ1) is 20.0. The third kappa shape index (κ3) is 5.40. The Labute approximate surface area is 241 Å². The summed E-state index contributed by atoms with van der Waals surface area (Å²) in [4.78, 5) is 29.5. The van der Waals surface area contributed by atoms with E-state index in [-0.39, 0.29) is 17.6 Å². The van der Waals surface area contributed by atoms with Gasteiger partial charge in [0.05, 0.1) is 17.4 Å². The van der Waals surface area contributed by atoms with Gasteiger partial charge in [-0.2, -0.15) is 0 Å². The number of rotatable bonds is 6. The van der Waals surface area contributed by atoms with Gasteiger partial charge >= 0.3 is 0 Å². The Balaban J connectivity index is 1.41. The molecule has 0 unspecified atom stereocenters. The summed E-state index contributed by atoms with van der Waals surface area (Å²) >= 11 is 0. The van der Waals surface area contributed by atoms with Crippen LogP contribution >= 0.6 is 0 Å². The van der Waals surface area contributed by atoms with Gasteiger partial charge < -0.3 is 10.1 Å². The Morgan fingerprint density at radius 1 is 0.854 bits per heavy atom. The number of anilines is 2. The average Bonchev–Trinajstić information content (AvgIpc) is 3.15. The van der Waals surface area contributed by atoms with E-state index >= 15 is 0 Å². The molecule has 0 radical (unpaired) electrons. The second-order valence-corrected chi connectivity index (χ2v) is 10.8. The number of ketones is 1. The summed E-state index contributed by atoms with van der Waals surface area (Å²) < 4.78 is 6.04. The lowest BCUT2D eigenvalue weighted by Crippen LogP contribution is -2.38. The number of hydrogen-bond acceptors (Lipinski definition) is 4. The Hall–Kier alpha value is -4.64. The molecule has 5 heteroatoms. The van der Waals surface area contributed by atoms with Crippen LogP contribution in [0.25, 0.3) is 0 Å². The summed E-state index contributed by atoms with van der Waals surface area (Å²) in [5.41, 5.74) is 7.51. The fourth-order valence-corrected chi connectivity index (χ4v) is 5.91. The molecule has 41 heavy (non-hydrogen) atoms. The maximum absolute atomic E-state index is 14.1. The van der Waals surface area contributed by atoms with E-state index in [0.717, 1.165) is 39.5 Å². The third-order valence-electron chi connectivity index (χ3n) is 8.05. The van der Waals surface area contributed by atoms with Crippen LogP contribution < -0.4 is 15.0 Å². The Kier molecular flexibility index (Phi) is 7.43. The van der Waals surface area contributed by atoms with Crippen molar-refractivity contribution in [2.75, 3.05) is 10.2 Å². The number of Topliss-reactive ketones (excluding diaryl/α,β-unsaturated/α-hetero) is 1. The average molecular weight is 543 g/mol. The van der Waals surface area contributed by atoms with Crippen molar-refractivity contribution in [1.29, 1.82) is 0 Å². The van der Waals surface area contributed by atoms with Crippen LogP contribution in [0.2, 0.25) is 0 Å². The standard InChI is InChI=1S/C36H34N2O3/c1-3-34(40)38-32-12-8-7-11-30(32)37-31-21-28(26-15-13-24(2)14-16-26)22-33(39)35(31)36(38)27-17-19-29(20-18-27)41-23-25-9-5-4-6-10-25/h4-20,28,36-37H,3,21-23H2,1-2H3/t28-,36-/m0/s1. The molecule has 1 aliphatic heterocycles. The van der Waals surface area contributed by atoms with Crippen LogP contribution in [-0.4, -0.2) is 11.7 Å². The zero-order chi connectivity index (χ0) is 28.3. The highest BCUT2D eigenvalue weighted by Gasteiger charge is 2.41. The molecule has 1 N–H and O–H groups in total. The second-order valence-electron chi connectivity index (χ2n) is 10.8. The summed E-state index contributed by atoms with van der Waals surface area (Å²) in [6, 6.07) is 33.6. The summed E-state index contributed by atoms with van der Waals surface area (Å²) in [5, 5.41) is 3.60. The number of para-hydroxylation sites is 2. The summed E-state index contributed by atoms with van der Waals surface area (Å²) in [6.45, 7) is 4.41. The molecule has 4 aromatic carbocycles. The Morgan fingerprint density at radius 3 is 2.27 bits per heavy atom. The van der Waals surface area contributed by atoms with Crippen LogP contribution in [0, 0.1) is 6.92 Å². The van der Waals surface area contributed by atoms with Gasteiger partial charge in [0.2, 0.25) is 5.91 Å². The number of nitrogens with one attached hydrogen (secondary N) is 1. The quantitative estimate of drug-likeness (QED) is 0.269. The number of nitrogens with zero attached hydrogens (tertiary/aromatic N) is 1. The minimum atomic E-state index is -0.539. The van der Waals surface area contributed by atoms with Crippen LogP contribution in [0.5, 0.6) is 5.75 Å². The summed E-state index contributed by atoms with van der Waals surface area (Å²) in [7, 11) is 0. The van der Waals surface area contributed by atoms with Crippen molar-refractivity contribution in [1.82, 2.24) is 0 Å². The molecule has 0 saturated carbocycles. The number of aryl methyl sites for hydroxylation is 1. The summed E-state index contributed by atoms with van der Waals surface area (Å²) in [5.74, 6) is 0.849. The van der Waals surface area contributed by atoms with Crippen LogP contribution in [0.4, 0.5) is 11.4 Å². The van der Waals surface area contributed by atoms with Crippen LogP contribution in [0.3, 0.4) is 0 Å². The van der Waals surface area contributed by atoms with Gasteiger partial charge in [-0.1, -0.05) is 91.3 Å². The zero-order valence-corrected chi connectivity index (χ0v) is 23.5. The molecule has 2 atom stereocenters. The van der Waals surface area contributed by atoms with E-state index in [2.05, 4.69) is 36.5 Å². The first kappa shape index (κ1) is 26.6. The van der Waals surface area contributed by atoms with Gasteiger partial charge in [0.25, 0.3) is 0 Å². The molecule has 0 bridgehead atoms. The maximum Gasteiger partial charge on any atom is 0.227 e. The largest absolute Gasteiger partial charge is 0.489 e. The van der Waals surface area contributed by atoms with E-state index in [9.17, 15) is 9.59 Å². The third-order valence-corrected chi connectivity index (χ3v) is 8.05. The van der Waals surface area contributed by atoms with Gasteiger partial charge in [-0.05, 0) is 60.2 Å². The number of hydrogen-bond donors (Lipinski definition) is 1. The van der Waals surface area contributed by atoms with E-state index in [4.69, 9.17) is 4.74 Å². The molecule has 2 aliphatic rings. The number of carbonyl (C=O) groups excluding carboxylic acids is 2. The second kappa shape index (κ2) is 11.5. The lowest BCUT2D eigenvalue weighted by molar-refractivity contribution is -0.119. The van der Waals surface area contributed by atoms with E-state index in [1.807, 2.05) is 90.7 Å². The van der Waals surface area contributed by atoms with E-state index < -0.39 is 6.04 Å². The normalized spacial score (nSPS) is 18.2. The van der Waals surface area contributed by atoms with Crippen molar-refractivity contribution in [2.24, 2.45) is 0 Å². The maximum atomic E-state index is 14.1. The minimum Gasteiger partial charge on any atom is -0.489 e. The molecule has 0 fully saturated rings. The monoisotopic (exact) mass is 542 g/mol. The highest BCUT2D eigenvalue weighted by Crippen LogP contribution is 2.47. The van der Waals surface area contributed by atoms with Crippen LogP contribution in [0.1, 0.15) is 60.4 Å². The number of ether oxygens (including phenoxy) is 1. The molecule has 5 nitrogen and oxygen atoms in total. The van der Waals surface area contributed by atoms with Gasteiger partial charge in [-0.15, -0.1) is 0 Å². The number of benzene rings is 4. The molecule has 4 aromatic rings. The van der Waals surface area contributed by atoms with Gasteiger partial charge in [0.1, 0.15) is 12.4 Å². The summed E-state index contributed by atoms with van der Waals surface area (Å²) in [6.07, 6.45) is 1.43.